The quantitative estimate of drug-likeness (QED) is 0.273. The molecule has 0 bridgehead atoms. The summed E-state index contributed by atoms with van der Waals surface area (Å²) >= 11 is 0. The molecule has 0 amide bonds. The highest BCUT2D eigenvalue weighted by Gasteiger charge is 2.02. The van der Waals surface area contributed by atoms with Crippen molar-refractivity contribution in [3.63, 3.8) is 0 Å². The fourth-order valence-corrected chi connectivity index (χ4v) is 1.77. The Kier molecular flexibility index (Phi) is 5.49. The van der Waals surface area contributed by atoms with Gasteiger partial charge in [0.1, 0.15) is 12.5 Å². The van der Waals surface area contributed by atoms with E-state index < -0.39 is 10.8 Å². The van der Waals surface area contributed by atoms with Gasteiger partial charge in [0, 0.05) is 15.1 Å². The van der Waals surface area contributed by atoms with Gasteiger partial charge in [0.05, 0.1) is 10.8 Å². The van der Waals surface area contributed by atoms with Gasteiger partial charge in [-0.05, 0) is 28.5 Å². The lowest BCUT2D eigenvalue weighted by atomic mass is 10.2. The van der Waals surface area contributed by atoms with E-state index in [0.29, 0.717) is 4.90 Å². The van der Waals surface area contributed by atoms with Crippen LogP contribution in [0.4, 0.5) is 0 Å². The molecule has 0 saturated heterocycles. The van der Waals surface area contributed by atoms with Gasteiger partial charge in [-0.25, -0.2) is 0 Å². The zero-order valence-corrected chi connectivity index (χ0v) is 9.58. The minimum absolute atomic E-state index is 0.0757. The molecular weight excluding hydrogens is 244 g/mol. The SMILES string of the molecule is [N-]=[N+]=NCS(=O)c1ccc(CON=NN)cc1. The standard InChI is InChI=1S/C8H10N6O2S/c9-12-11-6-17(15)8-3-1-7(2-4-8)5-16-14-13-10/h1-4H,5-6H2,(H2,10,14). The summed E-state index contributed by atoms with van der Waals surface area (Å²) in [4.78, 5) is 7.86. The van der Waals surface area contributed by atoms with Crippen molar-refractivity contribution in [2.45, 2.75) is 11.5 Å². The molecule has 0 heterocycles. The number of nitrogens with two attached hydrogens (primary N) is 1. The molecule has 1 aromatic rings. The summed E-state index contributed by atoms with van der Waals surface area (Å²) in [6, 6.07) is 6.80. The molecule has 2 N–H and O–H groups in total. The maximum atomic E-state index is 11.5. The first-order valence-electron chi connectivity index (χ1n) is 4.48. The van der Waals surface area contributed by atoms with Gasteiger partial charge in [-0.2, -0.15) is 0 Å². The topological polar surface area (TPSA) is 126 Å². The van der Waals surface area contributed by atoms with Crippen LogP contribution < -0.4 is 5.84 Å². The third-order valence-electron chi connectivity index (χ3n) is 1.76. The number of nitrogens with zero attached hydrogens (tertiary/aromatic N) is 5. The van der Waals surface area contributed by atoms with Crippen molar-refractivity contribution in [1.29, 1.82) is 0 Å². The van der Waals surface area contributed by atoms with Crippen LogP contribution in [0.5, 0.6) is 0 Å². The monoisotopic (exact) mass is 254 g/mol. The van der Waals surface area contributed by atoms with Gasteiger partial charge in [-0.3, -0.25) is 4.21 Å². The smallest absolute Gasteiger partial charge is 0.144 e. The molecule has 0 radical (unpaired) electrons. The second-order valence-electron chi connectivity index (χ2n) is 2.82. The van der Waals surface area contributed by atoms with Gasteiger partial charge >= 0.3 is 0 Å². The Morgan fingerprint density at radius 2 is 2.12 bits per heavy atom. The second-order valence-corrected chi connectivity index (χ2v) is 4.24. The molecule has 90 valence electrons. The predicted molar refractivity (Wildman–Crippen MR) is 60.7 cm³/mol. The Morgan fingerprint density at radius 1 is 1.41 bits per heavy atom. The summed E-state index contributed by atoms with van der Waals surface area (Å²) in [6.45, 7) is 0.226. The first-order valence-corrected chi connectivity index (χ1v) is 5.80. The summed E-state index contributed by atoms with van der Waals surface area (Å²) in [6.07, 6.45) is 0. The maximum absolute atomic E-state index is 11.5. The van der Waals surface area contributed by atoms with Gasteiger partial charge in [0.2, 0.25) is 0 Å². The average Bonchev–Trinajstić information content (AvgIpc) is 2.37. The molecule has 17 heavy (non-hydrogen) atoms. The minimum atomic E-state index is -1.32. The van der Waals surface area contributed by atoms with Crippen LogP contribution in [0.2, 0.25) is 0 Å². The van der Waals surface area contributed by atoms with Crippen LogP contribution in [-0.4, -0.2) is 10.1 Å². The number of hydrogen-bond donors (Lipinski definition) is 1. The molecule has 0 aromatic heterocycles. The fraction of sp³-hybridized carbons (Fsp3) is 0.250. The zero-order valence-electron chi connectivity index (χ0n) is 8.76. The summed E-state index contributed by atoms with van der Waals surface area (Å²) in [5.74, 6) is 4.68. The number of hydrogen-bond acceptors (Lipinski definition) is 5. The van der Waals surface area contributed by atoms with Crippen LogP contribution in [0.15, 0.2) is 44.8 Å². The highest BCUT2D eigenvalue weighted by molar-refractivity contribution is 7.85. The van der Waals surface area contributed by atoms with E-state index in [0.717, 1.165) is 5.56 Å². The number of azide groups is 1. The molecule has 1 aromatic carbocycles. The lowest BCUT2D eigenvalue weighted by molar-refractivity contribution is 0.108. The Balaban J connectivity index is 2.60. The van der Waals surface area contributed by atoms with Gasteiger partial charge < -0.3 is 10.7 Å². The first-order chi connectivity index (χ1) is 8.27. The molecule has 0 saturated carbocycles. The summed E-state index contributed by atoms with van der Waals surface area (Å²) in [5.41, 5.74) is 8.94. The predicted octanol–water partition coefficient (Wildman–Crippen LogP) is 1.82. The van der Waals surface area contributed by atoms with Gasteiger partial charge in [-0.15, -0.1) is 0 Å². The summed E-state index contributed by atoms with van der Waals surface area (Å²) < 4.78 is 11.5. The molecule has 1 rings (SSSR count). The zero-order chi connectivity index (χ0) is 12.5. The largest absolute Gasteiger partial charge is 0.373 e. The van der Waals surface area contributed by atoms with E-state index in [1.165, 1.54) is 0 Å². The summed E-state index contributed by atoms with van der Waals surface area (Å²) in [7, 11) is -1.32. The minimum Gasteiger partial charge on any atom is -0.373 e. The van der Waals surface area contributed by atoms with Gasteiger partial charge in [0.15, 0.2) is 0 Å². The van der Waals surface area contributed by atoms with Crippen molar-refractivity contribution >= 4 is 10.8 Å². The van der Waals surface area contributed by atoms with E-state index in [2.05, 4.69) is 20.5 Å². The van der Waals surface area contributed by atoms with Crippen molar-refractivity contribution in [3.05, 3.63) is 40.3 Å². The Morgan fingerprint density at radius 3 is 2.71 bits per heavy atom. The molecule has 0 aliphatic rings. The average molecular weight is 254 g/mol. The van der Waals surface area contributed by atoms with E-state index in [1.807, 2.05) is 0 Å². The van der Waals surface area contributed by atoms with Crippen LogP contribution in [0.1, 0.15) is 5.56 Å². The molecule has 1 atom stereocenters. The van der Waals surface area contributed by atoms with Crippen LogP contribution in [0, 0.1) is 0 Å². The van der Waals surface area contributed by atoms with Crippen LogP contribution in [0.3, 0.4) is 0 Å². The molecular formula is C8H10N6O2S. The molecule has 0 aliphatic carbocycles. The normalized spacial score (nSPS) is 12.0. The third-order valence-corrected chi connectivity index (χ3v) is 2.91. The Labute approximate surface area is 99.5 Å². The Bertz CT molecular complexity index is 454. The van der Waals surface area contributed by atoms with Crippen molar-refractivity contribution < 1.29 is 9.05 Å². The lowest BCUT2D eigenvalue weighted by Crippen LogP contribution is -1.95. The van der Waals surface area contributed by atoms with Gasteiger partial charge in [0.25, 0.3) is 0 Å². The second kappa shape index (κ2) is 7.20. The van der Waals surface area contributed by atoms with Crippen LogP contribution in [0.25, 0.3) is 10.4 Å². The molecule has 1 unspecified atom stereocenters. The highest BCUT2D eigenvalue weighted by Crippen LogP contribution is 2.10. The van der Waals surface area contributed by atoms with Crippen molar-refractivity contribution in [2.24, 2.45) is 21.5 Å². The summed E-state index contributed by atoms with van der Waals surface area (Å²) in [5, 5.41) is 9.34. The van der Waals surface area contributed by atoms with E-state index in [1.54, 1.807) is 24.3 Å². The number of benzene rings is 1. The third kappa shape index (κ3) is 4.49. The lowest BCUT2D eigenvalue weighted by Gasteiger charge is -2.01. The van der Waals surface area contributed by atoms with Crippen molar-refractivity contribution in [2.75, 3.05) is 5.88 Å². The van der Waals surface area contributed by atoms with Crippen LogP contribution in [-0.2, 0) is 22.2 Å². The molecule has 0 fully saturated rings. The molecule has 9 heteroatoms. The van der Waals surface area contributed by atoms with Crippen molar-refractivity contribution in [3.8, 4) is 0 Å². The number of rotatable bonds is 6. The van der Waals surface area contributed by atoms with Crippen molar-refractivity contribution in [1.82, 2.24) is 0 Å². The van der Waals surface area contributed by atoms with E-state index >= 15 is 0 Å². The Hall–Kier alpha value is -2.12. The van der Waals surface area contributed by atoms with Gasteiger partial charge in [-0.1, -0.05) is 17.2 Å². The maximum Gasteiger partial charge on any atom is 0.144 e. The molecule has 8 nitrogen and oxygen atoms in total. The van der Waals surface area contributed by atoms with Crippen LogP contribution >= 0.6 is 0 Å². The first kappa shape index (κ1) is 12.9. The molecule has 0 aliphatic heterocycles. The molecule has 0 spiro atoms. The van der Waals surface area contributed by atoms with E-state index in [9.17, 15) is 4.21 Å². The fourth-order valence-electron chi connectivity index (χ4n) is 1.03. The van der Waals surface area contributed by atoms with E-state index in [-0.39, 0.29) is 12.5 Å². The highest BCUT2D eigenvalue weighted by atomic mass is 32.2. The van der Waals surface area contributed by atoms with E-state index in [4.69, 9.17) is 16.2 Å².